The van der Waals surface area contributed by atoms with Gasteiger partial charge in [0.25, 0.3) is 0 Å². The van der Waals surface area contributed by atoms with Crippen molar-refractivity contribution in [3.05, 3.63) is 24.2 Å². The van der Waals surface area contributed by atoms with Crippen LogP contribution in [0.3, 0.4) is 0 Å². The van der Waals surface area contributed by atoms with Gasteiger partial charge in [-0.2, -0.15) is 5.10 Å². The molecular formula is C10H12N4O. The summed E-state index contributed by atoms with van der Waals surface area (Å²) < 4.78 is 5.14. The number of nitrogens with one attached hydrogen (secondary N) is 1. The SMILES string of the molecule is CCc1nc(-c2cccnc2OC)n[nH]1. The van der Waals surface area contributed by atoms with Gasteiger partial charge in [0.05, 0.1) is 12.7 Å². The van der Waals surface area contributed by atoms with Gasteiger partial charge in [0.2, 0.25) is 5.88 Å². The first kappa shape index (κ1) is 9.64. The van der Waals surface area contributed by atoms with Crippen molar-refractivity contribution < 1.29 is 4.74 Å². The summed E-state index contributed by atoms with van der Waals surface area (Å²) in [5, 5.41) is 6.97. The summed E-state index contributed by atoms with van der Waals surface area (Å²) >= 11 is 0. The molecule has 0 radical (unpaired) electrons. The lowest BCUT2D eigenvalue weighted by molar-refractivity contribution is 0.399. The summed E-state index contributed by atoms with van der Waals surface area (Å²) in [6, 6.07) is 3.72. The van der Waals surface area contributed by atoms with E-state index in [2.05, 4.69) is 20.2 Å². The molecule has 0 fully saturated rings. The van der Waals surface area contributed by atoms with Crippen molar-refractivity contribution in [1.29, 1.82) is 0 Å². The monoisotopic (exact) mass is 204 g/mol. The fraction of sp³-hybridized carbons (Fsp3) is 0.300. The summed E-state index contributed by atoms with van der Waals surface area (Å²) in [6.45, 7) is 2.02. The number of aromatic amines is 1. The molecular weight excluding hydrogens is 192 g/mol. The molecule has 0 atom stereocenters. The van der Waals surface area contributed by atoms with Gasteiger partial charge >= 0.3 is 0 Å². The van der Waals surface area contributed by atoms with Gasteiger partial charge in [0.1, 0.15) is 5.82 Å². The largest absolute Gasteiger partial charge is 0.480 e. The number of methoxy groups -OCH3 is 1. The maximum absolute atomic E-state index is 5.14. The second-order valence-corrected chi connectivity index (χ2v) is 3.02. The molecule has 2 aromatic rings. The Labute approximate surface area is 87.5 Å². The van der Waals surface area contributed by atoms with E-state index in [0.29, 0.717) is 11.7 Å². The molecule has 0 aromatic carbocycles. The number of aryl methyl sites for hydroxylation is 1. The molecule has 0 aliphatic carbocycles. The number of ether oxygens (including phenoxy) is 1. The predicted molar refractivity (Wildman–Crippen MR) is 55.5 cm³/mol. The first-order valence-corrected chi connectivity index (χ1v) is 4.75. The Morgan fingerprint density at radius 1 is 1.47 bits per heavy atom. The number of H-pyrrole nitrogens is 1. The van der Waals surface area contributed by atoms with Gasteiger partial charge in [0.15, 0.2) is 5.82 Å². The van der Waals surface area contributed by atoms with Crippen molar-refractivity contribution in [3.8, 4) is 17.3 Å². The molecule has 0 saturated carbocycles. The lowest BCUT2D eigenvalue weighted by atomic mass is 10.2. The Hall–Kier alpha value is -1.91. The summed E-state index contributed by atoms with van der Waals surface area (Å²) in [4.78, 5) is 8.41. The number of aromatic nitrogens is 4. The minimum Gasteiger partial charge on any atom is -0.480 e. The Kier molecular flexibility index (Phi) is 2.62. The van der Waals surface area contributed by atoms with Crippen molar-refractivity contribution in [1.82, 2.24) is 20.2 Å². The van der Waals surface area contributed by atoms with Crippen molar-refractivity contribution in [2.24, 2.45) is 0 Å². The quantitative estimate of drug-likeness (QED) is 0.821. The maximum atomic E-state index is 5.14. The zero-order valence-corrected chi connectivity index (χ0v) is 8.69. The van der Waals surface area contributed by atoms with Crippen LogP contribution < -0.4 is 4.74 Å². The van der Waals surface area contributed by atoms with Crippen LogP contribution in [0.25, 0.3) is 11.4 Å². The van der Waals surface area contributed by atoms with Gasteiger partial charge in [-0.3, -0.25) is 5.10 Å². The van der Waals surface area contributed by atoms with Crippen molar-refractivity contribution in [3.63, 3.8) is 0 Å². The van der Waals surface area contributed by atoms with Crippen LogP contribution in [0, 0.1) is 0 Å². The minimum atomic E-state index is 0.541. The van der Waals surface area contributed by atoms with E-state index in [4.69, 9.17) is 4.74 Å². The van der Waals surface area contributed by atoms with Crippen molar-refractivity contribution >= 4 is 0 Å². The highest BCUT2D eigenvalue weighted by Gasteiger charge is 2.10. The smallest absolute Gasteiger partial charge is 0.224 e. The third-order valence-electron chi connectivity index (χ3n) is 2.07. The molecule has 2 rings (SSSR count). The summed E-state index contributed by atoms with van der Waals surface area (Å²) in [5.41, 5.74) is 0.802. The van der Waals surface area contributed by atoms with E-state index in [-0.39, 0.29) is 0 Å². The number of rotatable bonds is 3. The molecule has 0 bridgehead atoms. The van der Waals surface area contributed by atoms with Crippen LogP contribution in [0.5, 0.6) is 5.88 Å². The summed E-state index contributed by atoms with van der Waals surface area (Å²) in [6.07, 6.45) is 2.51. The lowest BCUT2D eigenvalue weighted by Gasteiger charge is -2.01. The molecule has 1 N–H and O–H groups in total. The van der Waals surface area contributed by atoms with E-state index in [0.717, 1.165) is 17.8 Å². The lowest BCUT2D eigenvalue weighted by Crippen LogP contribution is -1.92. The Balaban J connectivity index is 2.44. The molecule has 5 heteroatoms. The summed E-state index contributed by atoms with van der Waals surface area (Å²) in [7, 11) is 1.58. The number of nitrogens with zero attached hydrogens (tertiary/aromatic N) is 3. The van der Waals surface area contributed by atoms with E-state index in [1.54, 1.807) is 13.3 Å². The molecule has 0 amide bonds. The van der Waals surface area contributed by atoms with Crippen LogP contribution in [0.15, 0.2) is 18.3 Å². The van der Waals surface area contributed by atoms with E-state index in [9.17, 15) is 0 Å². The average molecular weight is 204 g/mol. The molecule has 15 heavy (non-hydrogen) atoms. The third-order valence-corrected chi connectivity index (χ3v) is 2.07. The molecule has 0 aliphatic heterocycles. The Morgan fingerprint density at radius 3 is 3.00 bits per heavy atom. The van der Waals surface area contributed by atoms with Gasteiger partial charge in [0, 0.05) is 12.6 Å². The fourth-order valence-corrected chi connectivity index (χ4v) is 1.30. The predicted octanol–water partition coefficient (Wildman–Crippen LogP) is 1.44. The standard InChI is InChI=1S/C10H12N4O/c1-3-8-12-9(14-13-8)7-5-4-6-11-10(7)15-2/h4-6H,3H2,1-2H3,(H,12,13,14). The van der Waals surface area contributed by atoms with Crippen molar-refractivity contribution in [2.75, 3.05) is 7.11 Å². The van der Waals surface area contributed by atoms with Gasteiger partial charge < -0.3 is 4.74 Å². The maximum Gasteiger partial charge on any atom is 0.224 e. The van der Waals surface area contributed by atoms with E-state index >= 15 is 0 Å². The highest BCUT2D eigenvalue weighted by atomic mass is 16.5. The third kappa shape index (κ3) is 1.81. The Morgan fingerprint density at radius 2 is 2.33 bits per heavy atom. The number of hydrogen-bond acceptors (Lipinski definition) is 4. The molecule has 0 saturated heterocycles. The average Bonchev–Trinajstić information content (AvgIpc) is 2.77. The number of hydrogen-bond donors (Lipinski definition) is 1. The van der Waals surface area contributed by atoms with Crippen LogP contribution in [-0.4, -0.2) is 27.3 Å². The van der Waals surface area contributed by atoms with Crippen molar-refractivity contribution in [2.45, 2.75) is 13.3 Å². The van der Waals surface area contributed by atoms with Gasteiger partial charge in [-0.1, -0.05) is 6.92 Å². The molecule has 0 unspecified atom stereocenters. The van der Waals surface area contributed by atoms with E-state index in [1.807, 2.05) is 19.1 Å². The molecule has 2 aromatic heterocycles. The molecule has 0 aliphatic rings. The van der Waals surface area contributed by atoms with Gasteiger partial charge in [-0.05, 0) is 12.1 Å². The van der Waals surface area contributed by atoms with Crippen LogP contribution in [0.4, 0.5) is 0 Å². The zero-order chi connectivity index (χ0) is 10.7. The normalized spacial score (nSPS) is 10.3. The number of pyridine rings is 1. The topological polar surface area (TPSA) is 63.7 Å². The molecule has 78 valence electrons. The van der Waals surface area contributed by atoms with E-state index in [1.165, 1.54) is 0 Å². The molecule has 0 spiro atoms. The second-order valence-electron chi connectivity index (χ2n) is 3.02. The fourth-order valence-electron chi connectivity index (χ4n) is 1.30. The highest BCUT2D eigenvalue weighted by Crippen LogP contribution is 2.23. The molecule has 5 nitrogen and oxygen atoms in total. The van der Waals surface area contributed by atoms with Crippen LogP contribution in [-0.2, 0) is 6.42 Å². The second kappa shape index (κ2) is 4.08. The van der Waals surface area contributed by atoms with Gasteiger partial charge in [-0.15, -0.1) is 0 Å². The summed E-state index contributed by atoms with van der Waals surface area (Å²) in [5.74, 6) is 2.02. The van der Waals surface area contributed by atoms with Crippen LogP contribution in [0.1, 0.15) is 12.7 Å². The first-order chi connectivity index (χ1) is 7.35. The van der Waals surface area contributed by atoms with Gasteiger partial charge in [-0.25, -0.2) is 9.97 Å². The van der Waals surface area contributed by atoms with Crippen LogP contribution >= 0.6 is 0 Å². The highest BCUT2D eigenvalue weighted by molar-refractivity contribution is 5.60. The van der Waals surface area contributed by atoms with Crippen LogP contribution in [0.2, 0.25) is 0 Å². The Bertz CT molecular complexity index is 452. The zero-order valence-electron chi connectivity index (χ0n) is 8.69. The molecule has 2 heterocycles. The first-order valence-electron chi connectivity index (χ1n) is 4.75. The minimum absolute atomic E-state index is 0.541. The van der Waals surface area contributed by atoms with E-state index < -0.39 is 0 Å².